The SMILES string of the molecule is CS(=O)(=O)c1ncc(COc2ccc3c(ccn3-c3cc(Cl)c(OCCCl)c(C#N)c3)c2)cn1. The number of sulfone groups is 1. The highest BCUT2D eigenvalue weighted by molar-refractivity contribution is 7.90. The predicted molar refractivity (Wildman–Crippen MR) is 129 cm³/mol. The lowest BCUT2D eigenvalue weighted by Crippen LogP contribution is -2.05. The number of fused-ring (bicyclic) bond motifs is 1. The third-order valence-electron chi connectivity index (χ3n) is 4.83. The molecule has 11 heteroatoms. The van der Waals surface area contributed by atoms with Crippen molar-refractivity contribution in [2.45, 2.75) is 11.8 Å². The molecule has 2 heterocycles. The zero-order valence-electron chi connectivity index (χ0n) is 17.9. The molecular weight excluding hydrogens is 499 g/mol. The topological polar surface area (TPSA) is 107 Å². The van der Waals surface area contributed by atoms with Crippen LogP contribution >= 0.6 is 23.2 Å². The predicted octanol–water partition coefficient (Wildman–Crippen LogP) is 4.55. The Bertz CT molecular complexity index is 1500. The minimum Gasteiger partial charge on any atom is -0.489 e. The number of halogens is 2. The van der Waals surface area contributed by atoms with Gasteiger partial charge in [0.2, 0.25) is 15.0 Å². The molecule has 0 N–H and O–H groups in total. The smallest absolute Gasteiger partial charge is 0.246 e. The van der Waals surface area contributed by atoms with E-state index in [4.69, 9.17) is 32.7 Å². The summed E-state index contributed by atoms with van der Waals surface area (Å²) in [6, 6.07) is 13.1. The second kappa shape index (κ2) is 9.89. The van der Waals surface area contributed by atoms with Crippen LogP contribution in [0.5, 0.6) is 11.5 Å². The highest BCUT2D eigenvalue weighted by atomic mass is 35.5. The second-order valence-electron chi connectivity index (χ2n) is 7.29. The molecule has 4 rings (SSSR count). The first-order valence-corrected chi connectivity index (χ1v) is 12.8. The normalized spacial score (nSPS) is 11.4. The van der Waals surface area contributed by atoms with Gasteiger partial charge in [0.15, 0.2) is 5.75 Å². The van der Waals surface area contributed by atoms with Gasteiger partial charge in [0.05, 0.1) is 22.0 Å². The Morgan fingerprint density at radius 1 is 1.12 bits per heavy atom. The van der Waals surface area contributed by atoms with Crippen molar-refractivity contribution in [3.8, 4) is 23.3 Å². The van der Waals surface area contributed by atoms with Gasteiger partial charge in [-0.1, -0.05) is 11.6 Å². The van der Waals surface area contributed by atoms with Crippen LogP contribution in [-0.2, 0) is 16.4 Å². The summed E-state index contributed by atoms with van der Waals surface area (Å²) in [4.78, 5) is 7.72. The van der Waals surface area contributed by atoms with Crippen molar-refractivity contribution in [1.82, 2.24) is 14.5 Å². The Labute approximate surface area is 206 Å². The van der Waals surface area contributed by atoms with Crippen molar-refractivity contribution in [2.24, 2.45) is 0 Å². The number of ether oxygens (including phenoxy) is 2. The molecule has 0 amide bonds. The molecule has 4 aromatic rings. The fourth-order valence-electron chi connectivity index (χ4n) is 3.30. The van der Waals surface area contributed by atoms with Gasteiger partial charge < -0.3 is 14.0 Å². The molecule has 0 saturated heterocycles. The van der Waals surface area contributed by atoms with Crippen LogP contribution in [0.1, 0.15) is 11.1 Å². The number of hydrogen-bond donors (Lipinski definition) is 0. The number of nitriles is 1. The second-order valence-corrected chi connectivity index (χ2v) is 9.99. The molecule has 2 aromatic carbocycles. The van der Waals surface area contributed by atoms with Crippen LogP contribution in [0.2, 0.25) is 5.02 Å². The highest BCUT2D eigenvalue weighted by Crippen LogP contribution is 2.33. The number of nitrogens with zero attached hydrogens (tertiary/aromatic N) is 4. The first-order chi connectivity index (χ1) is 16.3. The average Bonchev–Trinajstić information content (AvgIpc) is 3.24. The standard InChI is InChI=1S/C23H18Cl2N4O4S/c1-34(30,31)23-27-12-15(13-28-23)14-33-19-2-3-21-16(9-19)4-6-29(21)18-8-17(11-26)22(20(25)10-18)32-7-5-24/h2-4,6,8-10,12-13H,5,7,14H2,1H3. The third-order valence-corrected chi connectivity index (χ3v) is 6.14. The monoisotopic (exact) mass is 516 g/mol. The van der Waals surface area contributed by atoms with Gasteiger partial charge in [-0.25, -0.2) is 18.4 Å². The van der Waals surface area contributed by atoms with E-state index in [-0.39, 0.29) is 24.3 Å². The van der Waals surface area contributed by atoms with Crippen LogP contribution in [0.3, 0.4) is 0 Å². The van der Waals surface area contributed by atoms with Gasteiger partial charge in [-0.15, -0.1) is 11.6 Å². The van der Waals surface area contributed by atoms with E-state index < -0.39 is 9.84 Å². The summed E-state index contributed by atoms with van der Waals surface area (Å²) in [5.74, 6) is 1.22. The lowest BCUT2D eigenvalue weighted by molar-refractivity contribution is 0.305. The molecule has 0 fully saturated rings. The lowest BCUT2D eigenvalue weighted by Gasteiger charge is -2.12. The Hall–Kier alpha value is -3.32. The maximum Gasteiger partial charge on any atom is 0.246 e. The molecule has 0 saturated carbocycles. The molecule has 34 heavy (non-hydrogen) atoms. The van der Waals surface area contributed by atoms with E-state index in [1.54, 1.807) is 12.1 Å². The lowest BCUT2D eigenvalue weighted by atomic mass is 10.2. The van der Waals surface area contributed by atoms with Gasteiger partial charge in [-0.2, -0.15) is 5.26 Å². The molecule has 0 unspecified atom stereocenters. The number of rotatable bonds is 8. The highest BCUT2D eigenvalue weighted by Gasteiger charge is 2.14. The van der Waals surface area contributed by atoms with E-state index >= 15 is 0 Å². The Morgan fingerprint density at radius 3 is 2.56 bits per heavy atom. The van der Waals surface area contributed by atoms with Crippen LogP contribution in [0.4, 0.5) is 0 Å². The van der Waals surface area contributed by atoms with Crippen molar-refractivity contribution in [1.29, 1.82) is 5.26 Å². The summed E-state index contributed by atoms with van der Waals surface area (Å²) in [5.41, 5.74) is 2.56. The number of alkyl halides is 1. The van der Waals surface area contributed by atoms with E-state index in [0.29, 0.717) is 33.3 Å². The van der Waals surface area contributed by atoms with Gasteiger partial charge in [0.25, 0.3) is 0 Å². The zero-order valence-corrected chi connectivity index (χ0v) is 20.2. The van der Waals surface area contributed by atoms with Crippen LogP contribution in [0.15, 0.2) is 60.1 Å². The Balaban J connectivity index is 1.56. The summed E-state index contributed by atoms with van der Waals surface area (Å²) in [6.45, 7) is 0.430. The minimum absolute atomic E-state index is 0.182. The van der Waals surface area contributed by atoms with Crippen molar-refractivity contribution < 1.29 is 17.9 Å². The van der Waals surface area contributed by atoms with Crippen LogP contribution in [0.25, 0.3) is 16.6 Å². The van der Waals surface area contributed by atoms with Gasteiger partial charge in [-0.05, 0) is 36.4 Å². The van der Waals surface area contributed by atoms with E-state index in [1.807, 2.05) is 35.0 Å². The van der Waals surface area contributed by atoms with Crippen molar-refractivity contribution in [3.63, 3.8) is 0 Å². The van der Waals surface area contributed by atoms with Crippen molar-refractivity contribution in [3.05, 3.63) is 71.1 Å². The van der Waals surface area contributed by atoms with E-state index in [1.165, 1.54) is 12.4 Å². The Kier molecular flexibility index (Phi) is 6.93. The van der Waals surface area contributed by atoms with Crippen LogP contribution < -0.4 is 9.47 Å². The van der Waals surface area contributed by atoms with Gasteiger partial charge in [0.1, 0.15) is 25.0 Å². The minimum atomic E-state index is -3.45. The summed E-state index contributed by atoms with van der Waals surface area (Å²) in [6.07, 6.45) is 5.78. The van der Waals surface area contributed by atoms with Gasteiger partial charge >= 0.3 is 0 Å². The molecule has 0 spiro atoms. The molecule has 0 radical (unpaired) electrons. The molecule has 0 aliphatic carbocycles. The average molecular weight is 517 g/mol. The summed E-state index contributed by atoms with van der Waals surface area (Å²) in [5, 5.41) is 10.6. The zero-order chi connectivity index (χ0) is 24.3. The fourth-order valence-corrected chi connectivity index (χ4v) is 4.13. The summed E-state index contributed by atoms with van der Waals surface area (Å²) >= 11 is 12.1. The molecule has 174 valence electrons. The Morgan fingerprint density at radius 2 is 1.88 bits per heavy atom. The van der Waals surface area contributed by atoms with Gasteiger partial charge in [-0.3, -0.25) is 0 Å². The molecule has 8 nitrogen and oxygen atoms in total. The molecule has 0 bridgehead atoms. The first-order valence-electron chi connectivity index (χ1n) is 9.98. The third kappa shape index (κ3) is 5.09. The number of benzene rings is 2. The molecule has 2 aromatic heterocycles. The number of aromatic nitrogens is 3. The maximum atomic E-state index is 11.5. The summed E-state index contributed by atoms with van der Waals surface area (Å²) in [7, 11) is -3.45. The largest absolute Gasteiger partial charge is 0.489 e. The molecule has 0 aliphatic heterocycles. The van der Waals surface area contributed by atoms with Crippen LogP contribution in [-0.4, -0.2) is 41.7 Å². The molecular formula is C23H18Cl2N4O4S. The van der Waals surface area contributed by atoms with E-state index in [0.717, 1.165) is 17.2 Å². The van der Waals surface area contributed by atoms with Crippen molar-refractivity contribution in [2.75, 3.05) is 18.7 Å². The fraction of sp³-hybridized carbons (Fsp3) is 0.174. The molecule has 0 atom stereocenters. The number of hydrogen-bond acceptors (Lipinski definition) is 7. The van der Waals surface area contributed by atoms with E-state index in [2.05, 4.69) is 16.0 Å². The van der Waals surface area contributed by atoms with E-state index in [9.17, 15) is 13.7 Å². The van der Waals surface area contributed by atoms with Crippen LogP contribution in [0, 0.1) is 11.3 Å². The van der Waals surface area contributed by atoms with Gasteiger partial charge in [0, 0.05) is 41.5 Å². The first kappa shape index (κ1) is 23.8. The summed E-state index contributed by atoms with van der Waals surface area (Å²) < 4.78 is 36.2. The maximum absolute atomic E-state index is 11.5. The quantitative estimate of drug-likeness (QED) is 0.249. The molecule has 0 aliphatic rings. The van der Waals surface area contributed by atoms with Crippen molar-refractivity contribution >= 4 is 43.9 Å².